The van der Waals surface area contributed by atoms with Crippen molar-refractivity contribution in [3.8, 4) is 0 Å². The van der Waals surface area contributed by atoms with Gasteiger partial charge < -0.3 is 10.6 Å². The van der Waals surface area contributed by atoms with Crippen LogP contribution in [0.2, 0.25) is 0 Å². The molecule has 0 bridgehead atoms. The summed E-state index contributed by atoms with van der Waals surface area (Å²) in [6, 6.07) is 0.351. The first-order valence-electron chi connectivity index (χ1n) is 8.36. The maximum atomic E-state index is 11.9. The van der Waals surface area contributed by atoms with Gasteiger partial charge in [0.25, 0.3) is 0 Å². The van der Waals surface area contributed by atoms with Gasteiger partial charge in [-0.2, -0.15) is 11.8 Å². The van der Waals surface area contributed by atoms with Crippen LogP contribution in [0.4, 0.5) is 0 Å². The number of hydrogen-bond acceptors (Lipinski definition) is 5. The quantitative estimate of drug-likeness (QED) is 0.780. The third kappa shape index (κ3) is 4.70. The fraction of sp³-hybridized carbons (Fsp3) is 0.750. The second kappa shape index (κ2) is 8.31. The molecular formula is C16H25N3OS2. The summed E-state index contributed by atoms with van der Waals surface area (Å²) in [7, 11) is 0. The van der Waals surface area contributed by atoms with Gasteiger partial charge in [0.05, 0.1) is 10.7 Å². The van der Waals surface area contributed by atoms with Crippen molar-refractivity contribution in [3.63, 3.8) is 0 Å². The molecule has 2 heterocycles. The molecule has 0 saturated carbocycles. The summed E-state index contributed by atoms with van der Waals surface area (Å²) >= 11 is 3.82. The first-order valence-corrected chi connectivity index (χ1v) is 10.3. The number of hydrogen-bond donors (Lipinski definition) is 2. The Morgan fingerprint density at radius 2 is 2.27 bits per heavy atom. The summed E-state index contributed by atoms with van der Waals surface area (Å²) < 4.78 is 0. The number of nitrogens with one attached hydrogen (secondary N) is 2. The second-order valence-corrected chi connectivity index (χ2v) is 8.39. The molecule has 122 valence electrons. The van der Waals surface area contributed by atoms with E-state index in [4.69, 9.17) is 4.98 Å². The van der Waals surface area contributed by atoms with Gasteiger partial charge in [0.2, 0.25) is 5.91 Å². The largest absolute Gasteiger partial charge is 0.356 e. The summed E-state index contributed by atoms with van der Waals surface area (Å²) in [6.45, 7) is 1.79. The number of rotatable bonds is 6. The molecule has 0 spiro atoms. The van der Waals surface area contributed by atoms with Gasteiger partial charge in [0.1, 0.15) is 0 Å². The van der Waals surface area contributed by atoms with Crippen LogP contribution in [0, 0.1) is 0 Å². The summed E-state index contributed by atoms with van der Waals surface area (Å²) in [5.41, 5.74) is 1.34. The van der Waals surface area contributed by atoms with Gasteiger partial charge in [-0.3, -0.25) is 4.79 Å². The van der Waals surface area contributed by atoms with E-state index in [1.165, 1.54) is 34.8 Å². The summed E-state index contributed by atoms with van der Waals surface area (Å²) in [6.07, 6.45) is 7.59. The third-order valence-electron chi connectivity index (χ3n) is 4.21. The molecule has 1 aliphatic heterocycles. The molecule has 2 N–H and O–H groups in total. The number of amides is 1. The molecule has 1 atom stereocenters. The lowest BCUT2D eigenvalue weighted by atomic mass is 10.0. The number of carbonyl (C=O) groups is 1. The maximum Gasteiger partial charge on any atom is 0.221 e. The van der Waals surface area contributed by atoms with Crippen LogP contribution in [0.25, 0.3) is 0 Å². The number of aromatic nitrogens is 1. The van der Waals surface area contributed by atoms with Crippen molar-refractivity contribution in [3.05, 3.63) is 15.6 Å². The zero-order valence-corrected chi connectivity index (χ0v) is 14.7. The second-order valence-electron chi connectivity index (χ2n) is 6.07. The zero-order chi connectivity index (χ0) is 15.2. The molecule has 1 aliphatic carbocycles. The number of carbonyl (C=O) groups excluding carboxylic acids is 1. The van der Waals surface area contributed by atoms with E-state index in [0.717, 1.165) is 43.9 Å². The summed E-state index contributed by atoms with van der Waals surface area (Å²) in [5, 5.41) is 7.71. The molecule has 22 heavy (non-hydrogen) atoms. The fourth-order valence-electron chi connectivity index (χ4n) is 3.03. The zero-order valence-electron chi connectivity index (χ0n) is 13.0. The summed E-state index contributed by atoms with van der Waals surface area (Å²) in [5.74, 6) is 2.40. The van der Waals surface area contributed by atoms with Crippen LogP contribution in [-0.4, -0.2) is 41.5 Å². The smallest absolute Gasteiger partial charge is 0.221 e. The molecule has 1 aromatic heterocycles. The van der Waals surface area contributed by atoms with Gasteiger partial charge in [-0.15, -0.1) is 11.3 Å². The van der Waals surface area contributed by atoms with Gasteiger partial charge in [0.15, 0.2) is 0 Å². The molecular weight excluding hydrogens is 314 g/mol. The molecule has 1 saturated heterocycles. The lowest BCUT2D eigenvalue weighted by Gasteiger charge is -2.22. The van der Waals surface area contributed by atoms with E-state index < -0.39 is 0 Å². The van der Waals surface area contributed by atoms with Crippen molar-refractivity contribution < 1.29 is 4.79 Å². The average Bonchev–Trinajstić information content (AvgIpc) is 2.95. The van der Waals surface area contributed by atoms with E-state index in [9.17, 15) is 4.79 Å². The highest BCUT2D eigenvalue weighted by Crippen LogP contribution is 2.27. The number of aryl methyl sites for hydroxylation is 3. The Morgan fingerprint density at radius 1 is 1.36 bits per heavy atom. The average molecular weight is 340 g/mol. The Labute approximate surface area is 140 Å². The molecule has 1 aromatic rings. The van der Waals surface area contributed by atoms with E-state index in [1.54, 1.807) is 0 Å². The lowest BCUT2D eigenvalue weighted by molar-refractivity contribution is -0.121. The van der Waals surface area contributed by atoms with Crippen LogP contribution in [-0.2, 0) is 24.1 Å². The fourth-order valence-corrected chi connectivity index (χ4v) is 5.17. The van der Waals surface area contributed by atoms with Crippen LogP contribution >= 0.6 is 23.1 Å². The molecule has 2 aliphatic rings. The molecule has 4 nitrogen and oxygen atoms in total. The molecule has 1 amide bonds. The van der Waals surface area contributed by atoms with Crippen LogP contribution in [0.1, 0.15) is 41.3 Å². The molecule has 6 heteroatoms. The number of fused-ring (bicyclic) bond motifs is 1. The van der Waals surface area contributed by atoms with Crippen molar-refractivity contribution >= 4 is 29.0 Å². The molecule has 0 radical (unpaired) electrons. The van der Waals surface area contributed by atoms with Gasteiger partial charge in [-0.05, 0) is 32.1 Å². The van der Waals surface area contributed by atoms with E-state index in [-0.39, 0.29) is 5.91 Å². The van der Waals surface area contributed by atoms with Crippen molar-refractivity contribution in [2.45, 2.75) is 51.0 Å². The highest BCUT2D eigenvalue weighted by molar-refractivity contribution is 7.99. The van der Waals surface area contributed by atoms with Crippen LogP contribution in [0.3, 0.4) is 0 Å². The maximum absolute atomic E-state index is 11.9. The van der Waals surface area contributed by atoms with Crippen molar-refractivity contribution in [2.75, 3.05) is 24.6 Å². The van der Waals surface area contributed by atoms with Crippen molar-refractivity contribution in [1.29, 1.82) is 0 Å². The van der Waals surface area contributed by atoms with Gasteiger partial charge >= 0.3 is 0 Å². The minimum Gasteiger partial charge on any atom is -0.356 e. The minimum atomic E-state index is 0.179. The van der Waals surface area contributed by atoms with Gasteiger partial charge in [-0.1, -0.05) is 0 Å². The van der Waals surface area contributed by atoms with Gasteiger partial charge in [-0.25, -0.2) is 4.98 Å². The molecule has 0 aromatic carbocycles. The highest BCUT2D eigenvalue weighted by atomic mass is 32.2. The minimum absolute atomic E-state index is 0.179. The lowest BCUT2D eigenvalue weighted by Crippen LogP contribution is -2.41. The Hall–Kier alpha value is -0.590. The summed E-state index contributed by atoms with van der Waals surface area (Å²) in [4.78, 5) is 18.2. The number of thioether (sulfide) groups is 1. The first-order chi connectivity index (χ1) is 10.8. The van der Waals surface area contributed by atoms with E-state index in [0.29, 0.717) is 12.5 Å². The van der Waals surface area contributed by atoms with Crippen molar-refractivity contribution in [1.82, 2.24) is 15.6 Å². The van der Waals surface area contributed by atoms with E-state index in [1.807, 2.05) is 23.1 Å². The predicted octanol–water partition coefficient (Wildman–Crippen LogP) is 2.17. The first kappa shape index (κ1) is 16.3. The third-order valence-corrected chi connectivity index (χ3v) is 6.56. The molecule has 1 fully saturated rings. The molecule has 1 unspecified atom stereocenters. The Morgan fingerprint density at radius 3 is 3.09 bits per heavy atom. The topological polar surface area (TPSA) is 54.0 Å². The standard InChI is InChI=1S/C16H25N3OS2/c20-15(10-12-11-21-9-8-17-12)18-7-3-6-16-19-13-4-1-2-5-14(13)22-16/h12,17H,1-11H2,(H,18,20). The Kier molecular flexibility index (Phi) is 6.15. The Bertz CT molecular complexity index is 474. The monoisotopic (exact) mass is 339 g/mol. The van der Waals surface area contributed by atoms with E-state index in [2.05, 4.69) is 10.6 Å². The number of thiazole rings is 1. The molecule has 3 rings (SSSR count). The van der Waals surface area contributed by atoms with Crippen molar-refractivity contribution in [2.24, 2.45) is 0 Å². The highest BCUT2D eigenvalue weighted by Gasteiger charge is 2.17. The SMILES string of the molecule is O=C(CC1CSCCN1)NCCCc1nc2c(s1)CCCC2. The van der Waals surface area contributed by atoms with E-state index >= 15 is 0 Å². The van der Waals surface area contributed by atoms with Crippen LogP contribution in [0.5, 0.6) is 0 Å². The van der Waals surface area contributed by atoms with Crippen LogP contribution < -0.4 is 10.6 Å². The normalized spacial score (nSPS) is 21.4. The predicted molar refractivity (Wildman–Crippen MR) is 93.8 cm³/mol. The van der Waals surface area contributed by atoms with Crippen LogP contribution in [0.15, 0.2) is 0 Å². The van der Waals surface area contributed by atoms with Gasteiger partial charge in [0, 0.05) is 48.4 Å². The number of nitrogens with zero attached hydrogens (tertiary/aromatic N) is 1. The Balaban J connectivity index is 1.33.